The average molecular weight is 1350 g/mol. The number of benzene rings is 4. The minimum absolute atomic E-state index is 0.0121. The Morgan fingerprint density at radius 3 is 1.40 bits per heavy atom. The molecule has 98 heavy (non-hydrogen) atoms. The number of aryl methyl sites for hydroxylation is 4. The fourth-order valence-corrected chi connectivity index (χ4v) is 13.7. The third-order valence-electron chi connectivity index (χ3n) is 18.6. The van der Waals surface area contributed by atoms with Gasteiger partial charge in [-0.15, -0.1) is 0 Å². The number of hydrogen-bond acceptors (Lipinski definition) is 16. The molecule has 12 atom stereocenters. The van der Waals surface area contributed by atoms with Gasteiger partial charge in [0, 0.05) is 52.8 Å². The number of amides is 6. The van der Waals surface area contributed by atoms with Crippen LogP contribution in [-0.2, 0) is 38.1 Å². The van der Waals surface area contributed by atoms with E-state index in [9.17, 15) is 38.4 Å². The summed E-state index contributed by atoms with van der Waals surface area (Å²) in [5.74, 6) is -4.01. The molecule has 3 saturated carbocycles. The van der Waals surface area contributed by atoms with Gasteiger partial charge in [0.25, 0.3) is 11.8 Å². The van der Waals surface area contributed by atoms with Crippen LogP contribution in [0.3, 0.4) is 0 Å². The van der Waals surface area contributed by atoms with Gasteiger partial charge in [0.2, 0.25) is 17.7 Å². The van der Waals surface area contributed by atoms with Crippen molar-refractivity contribution in [1.82, 2.24) is 16.0 Å². The summed E-state index contributed by atoms with van der Waals surface area (Å²) in [4.78, 5) is 111. The Morgan fingerprint density at radius 2 is 0.888 bits per heavy atom. The second-order valence-electron chi connectivity index (χ2n) is 28.3. The van der Waals surface area contributed by atoms with Gasteiger partial charge in [0.15, 0.2) is 11.5 Å². The highest BCUT2D eigenvalue weighted by molar-refractivity contribution is 6.03. The summed E-state index contributed by atoms with van der Waals surface area (Å²) in [6, 6.07) is 15.9. The molecule has 0 bridgehead atoms. The SMILES string of the molecule is C=CCOC(=O)c1cc(C)cc(NC(=O)[C@H]2C[C@H](NC(=O)c3cc(C)cc(NC(=O)[C@H]4C[C@H](NC(=O)c5cc(C)cc(NC(=O)[C@H]6C[C@H](NC(=O)OC(C)(C)C)[C@@H](C)C[C@H]6C)c5)[C@@H](C)C[C@H]4C)c3OCCOCCOCCOc3c(N)cc(C)cc3C(=O)OCC=C)[C@@H](C)C[C@H]2C)c1. The van der Waals surface area contributed by atoms with Crippen LogP contribution in [0.1, 0.15) is 165 Å². The summed E-state index contributed by atoms with van der Waals surface area (Å²) in [5, 5.41) is 18.7. The molecule has 0 radical (unpaired) electrons. The molecule has 3 fully saturated rings. The van der Waals surface area contributed by atoms with E-state index in [4.69, 9.17) is 38.9 Å². The molecule has 0 heterocycles. The number of rotatable bonds is 28. The van der Waals surface area contributed by atoms with Crippen LogP contribution in [0.15, 0.2) is 86.0 Å². The van der Waals surface area contributed by atoms with E-state index in [0.717, 1.165) is 23.1 Å². The van der Waals surface area contributed by atoms with Crippen molar-refractivity contribution < 1.29 is 71.5 Å². The van der Waals surface area contributed by atoms with Crippen molar-refractivity contribution in [1.29, 1.82) is 0 Å². The first-order valence-corrected chi connectivity index (χ1v) is 34.2. The molecule has 6 amide bonds. The summed E-state index contributed by atoms with van der Waals surface area (Å²) in [7, 11) is 0. The lowest BCUT2D eigenvalue weighted by Gasteiger charge is -2.39. The number of carbonyl (C=O) groups excluding carboxylic acids is 8. The Kier molecular flexibility index (Phi) is 27.5. The number of ether oxygens (including phenoxy) is 7. The van der Waals surface area contributed by atoms with Gasteiger partial charge in [-0.2, -0.15) is 0 Å². The quantitative estimate of drug-likeness (QED) is 0.00914. The lowest BCUT2D eigenvalue weighted by molar-refractivity contribution is -0.123. The van der Waals surface area contributed by atoms with Crippen LogP contribution in [0, 0.1) is 81.0 Å². The Bertz CT molecular complexity index is 3550. The molecule has 22 nitrogen and oxygen atoms in total. The van der Waals surface area contributed by atoms with Crippen LogP contribution >= 0.6 is 0 Å². The van der Waals surface area contributed by atoms with E-state index < -0.39 is 59.4 Å². The fourth-order valence-electron chi connectivity index (χ4n) is 13.7. The highest BCUT2D eigenvalue weighted by Gasteiger charge is 2.42. The third kappa shape index (κ3) is 21.6. The van der Waals surface area contributed by atoms with Crippen LogP contribution in [0.5, 0.6) is 11.5 Å². The number of anilines is 4. The smallest absolute Gasteiger partial charge is 0.407 e. The molecule has 4 aromatic carbocycles. The van der Waals surface area contributed by atoms with Gasteiger partial charge in [-0.25, -0.2) is 14.4 Å². The van der Waals surface area contributed by atoms with Crippen molar-refractivity contribution in [3.63, 3.8) is 0 Å². The first-order chi connectivity index (χ1) is 46.4. The largest absolute Gasteiger partial charge is 0.488 e. The maximum atomic E-state index is 14.9. The second kappa shape index (κ2) is 35.1. The van der Waals surface area contributed by atoms with Gasteiger partial charge in [-0.05, 0) is 205 Å². The summed E-state index contributed by atoms with van der Waals surface area (Å²) in [5.41, 5.74) is 10.9. The molecule has 532 valence electrons. The zero-order valence-corrected chi connectivity index (χ0v) is 59.4. The number of hydrogen-bond donors (Lipinski definition) is 7. The topological polar surface area (TPSA) is 299 Å². The number of nitrogens with two attached hydrogens (primary N) is 1. The predicted molar refractivity (Wildman–Crippen MR) is 377 cm³/mol. The lowest BCUT2D eigenvalue weighted by atomic mass is 9.72. The van der Waals surface area contributed by atoms with Gasteiger partial charge in [-0.1, -0.05) is 66.9 Å². The molecule has 22 heteroatoms. The molecule has 3 aliphatic rings. The number of nitrogen functional groups attached to an aromatic ring is 1. The van der Waals surface area contributed by atoms with Gasteiger partial charge < -0.3 is 70.8 Å². The normalized spacial score (nSPS) is 22.9. The molecule has 0 spiro atoms. The van der Waals surface area contributed by atoms with E-state index in [1.54, 1.807) is 75.4 Å². The van der Waals surface area contributed by atoms with Crippen LogP contribution in [0.25, 0.3) is 0 Å². The van der Waals surface area contributed by atoms with Crippen molar-refractivity contribution in [3.8, 4) is 11.5 Å². The van der Waals surface area contributed by atoms with Crippen molar-refractivity contribution >= 4 is 70.3 Å². The van der Waals surface area contributed by atoms with Crippen LogP contribution in [-0.4, -0.2) is 124 Å². The van der Waals surface area contributed by atoms with E-state index in [1.165, 1.54) is 12.2 Å². The maximum Gasteiger partial charge on any atom is 0.407 e. The monoisotopic (exact) mass is 1350 g/mol. The minimum Gasteiger partial charge on any atom is -0.488 e. The molecule has 0 saturated heterocycles. The molecule has 4 aromatic rings. The van der Waals surface area contributed by atoms with Crippen molar-refractivity contribution in [2.75, 3.05) is 74.5 Å². The molecular weight excluding hydrogens is 1250 g/mol. The molecule has 7 rings (SSSR count). The summed E-state index contributed by atoms with van der Waals surface area (Å²) < 4.78 is 40.1. The van der Waals surface area contributed by atoms with Crippen molar-refractivity contribution in [2.24, 2.45) is 53.3 Å². The standard InChI is InChI=1S/C76H103N7O15/c1-16-18-96-73(89)53-27-43(4)29-55(38-53)79-69(85)56-39-63(50(11)34-46(56)7)81-72(88)59-30-45(6)33-65(67(59)95-25-23-93-21-20-92-22-24-94-66-60(74(90)97-19-17-2)31-44(5)32-61(66)77)82-71(87)58-40-62(49(10)35-48(58)9)80-68(84)52-26-42(3)28-54(37-52)78-70(86)57-41-64(51(12)36-47(57)8)83-75(91)98-76(13,14)15/h16-17,26-33,37-38,46-51,56-58,62-64H,1-2,18-25,34-36,39-41,77H2,3-15H3,(H,78,86)(H,79,85)(H,80,84)(H,81,88)(H,82,87)(H,83,91)/t46-,47-,48-,49+,50+,51+,56+,57+,58+,62+,63+,64+/m1/s1. The summed E-state index contributed by atoms with van der Waals surface area (Å²) in [6.45, 7) is 32.8. The fraction of sp³-hybridized carbons (Fsp3) is 0.526. The average Bonchev–Trinajstić information content (AvgIpc) is 0.840. The number of carbonyl (C=O) groups is 8. The number of nitrogens with one attached hydrogen (secondary N) is 6. The first kappa shape index (κ1) is 76.6. The molecule has 0 aromatic heterocycles. The molecule has 8 N–H and O–H groups in total. The third-order valence-corrected chi connectivity index (χ3v) is 18.6. The molecular formula is C76H103N7O15. The first-order valence-electron chi connectivity index (χ1n) is 34.2. The molecule has 0 aliphatic heterocycles. The van der Waals surface area contributed by atoms with E-state index in [-0.39, 0.29) is 158 Å². The second-order valence-corrected chi connectivity index (χ2v) is 28.3. The van der Waals surface area contributed by atoms with Gasteiger partial charge >= 0.3 is 18.0 Å². The van der Waals surface area contributed by atoms with Gasteiger partial charge in [-0.3, -0.25) is 24.0 Å². The minimum atomic E-state index is -0.672. The van der Waals surface area contributed by atoms with E-state index in [2.05, 4.69) is 52.0 Å². The zero-order valence-electron chi connectivity index (χ0n) is 59.4. The summed E-state index contributed by atoms with van der Waals surface area (Å²) >= 11 is 0. The summed E-state index contributed by atoms with van der Waals surface area (Å²) in [6.07, 6.45) is 5.42. The molecule has 0 unspecified atom stereocenters. The van der Waals surface area contributed by atoms with E-state index in [0.29, 0.717) is 54.6 Å². The number of esters is 2. The Hall–Kier alpha value is -8.76. The van der Waals surface area contributed by atoms with Crippen LogP contribution in [0.4, 0.5) is 27.5 Å². The Morgan fingerprint density at radius 1 is 0.469 bits per heavy atom. The van der Waals surface area contributed by atoms with Crippen molar-refractivity contribution in [3.05, 3.63) is 130 Å². The van der Waals surface area contributed by atoms with Gasteiger partial charge in [0.05, 0.1) is 48.9 Å². The number of alkyl carbamates (subject to hydrolysis) is 1. The van der Waals surface area contributed by atoms with Gasteiger partial charge in [0.1, 0.15) is 37.6 Å². The molecule has 3 aliphatic carbocycles. The lowest BCUT2D eigenvalue weighted by Crippen LogP contribution is -2.49. The zero-order chi connectivity index (χ0) is 71.7. The highest BCUT2D eigenvalue weighted by atomic mass is 16.6. The van der Waals surface area contributed by atoms with Crippen LogP contribution in [0.2, 0.25) is 0 Å². The highest BCUT2D eigenvalue weighted by Crippen LogP contribution is 2.40. The predicted octanol–water partition coefficient (Wildman–Crippen LogP) is 12.0. The van der Waals surface area contributed by atoms with E-state index >= 15 is 0 Å². The van der Waals surface area contributed by atoms with E-state index in [1.807, 2.05) is 68.4 Å². The van der Waals surface area contributed by atoms with Crippen LogP contribution < -0.4 is 47.1 Å². The Balaban J connectivity index is 1.04. The van der Waals surface area contributed by atoms with Crippen molar-refractivity contribution in [2.45, 2.75) is 152 Å². The maximum absolute atomic E-state index is 14.9. The Labute approximate surface area is 577 Å².